The molecule has 1 aromatic heterocycles. The van der Waals surface area contributed by atoms with Crippen LogP contribution in [0.4, 0.5) is 9.93 Å². The van der Waals surface area contributed by atoms with Crippen LogP contribution in [0.3, 0.4) is 0 Å². The van der Waals surface area contributed by atoms with E-state index in [0.29, 0.717) is 11.7 Å². The van der Waals surface area contributed by atoms with Gasteiger partial charge in [0.1, 0.15) is 6.20 Å². The molecule has 7 heteroatoms. The normalized spacial score (nSPS) is 10.1. The summed E-state index contributed by atoms with van der Waals surface area (Å²) in [5.74, 6) is 0. The van der Waals surface area contributed by atoms with Crippen molar-refractivity contribution >= 4 is 28.9 Å². The largest absolute Gasteiger partial charge is 1.00 e. The monoisotopic (exact) mass is 321 g/mol. The van der Waals surface area contributed by atoms with Crippen LogP contribution in [0.15, 0.2) is 11.2 Å². The molecular weight excluding hydrogens is 306 g/mol. The van der Waals surface area contributed by atoms with Gasteiger partial charge in [0.05, 0.1) is 6.61 Å². The molecule has 0 fully saturated rings. The van der Waals surface area contributed by atoms with Crippen LogP contribution in [0.5, 0.6) is 0 Å². The quantitative estimate of drug-likeness (QED) is 0.390. The van der Waals surface area contributed by atoms with E-state index in [1.165, 1.54) is 15.9 Å². The van der Waals surface area contributed by atoms with Crippen molar-refractivity contribution < 1.29 is 31.1 Å². The van der Waals surface area contributed by atoms with Crippen molar-refractivity contribution in [2.24, 2.45) is 4.99 Å². The zero-order valence-corrected chi connectivity index (χ0v) is 12.7. The number of carbonyl (C=O) groups excluding carboxylic acids is 1. The number of thiazole rings is 1. The highest BCUT2D eigenvalue weighted by atomic mass is 79.9. The van der Waals surface area contributed by atoms with Crippen LogP contribution in [0.1, 0.15) is 11.8 Å². The number of ether oxygens (including phenoxy) is 1. The van der Waals surface area contributed by atoms with Gasteiger partial charge in [0.15, 0.2) is 0 Å². The fourth-order valence-corrected chi connectivity index (χ4v) is 1.81. The van der Waals surface area contributed by atoms with Gasteiger partial charge in [0.2, 0.25) is 6.34 Å². The van der Waals surface area contributed by atoms with Crippen LogP contribution in [0, 0.1) is 6.92 Å². The van der Waals surface area contributed by atoms with Crippen molar-refractivity contribution in [2.45, 2.75) is 13.8 Å². The molecule has 0 radical (unpaired) electrons. The minimum atomic E-state index is -0.391. The van der Waals surface area contributed by atoms with Crippen molar-refractivity contribution in [2.75, 3.05) is 20.7 Å². The van der Waals surface area contributed by atoms with E-state index in [1.807, 2.05) is 25.9 Å². The fraction of sp³-hybridized carbons (Fsp3) is 0.500. The number of halogens is 1. The van der Waals surface area contributed by atoms with Gasteiger partial charge in [-0.25, -0.2) is 0 Å². The zero-order chi connectivity index (χ0) is 12.1. The van der Waals surface area contributed by atoms with Crippen molar-refractivity contribution in [3.05, 3.63) is 11.1 Å². The van der Waals surface area contributed by atoms with Crippen molar-refractivity contribution in [3.8, 4) is 0 Å². The molecule has 0 aliphatic heterocycles. The summed E-state index contributed by atoms with van der Waals surface area (Å²) in [5.41, 5.74) is 0. The van der Waals surface area contributed by atoms with Crippen molar-refractivity contribution in [1.29, 1.82) is 0 Å². The van der Waals surface area contributed by atoms with E-state index in [2.05, 4.69) is 4.99 Å². The van der Waals surface area contributed by atoms with Gasteiger partial charge in [-0.15, -0.1) is 4.57 Å². The van der Waals surface area contributed by atoms with Gasteiger partial charge in [-0.1, -0.05) is 0 Å². The molecule has 0 bridgehead atoms. The maximum absolute atomic E-state index is 11.6. The first kappa shape index (κ1) is 16.1. The Kier molecular flexibility index (Phi) is 6.98. The Hall–Kier alpha value is -0.950. The van der Waals surface area contributed by atoms with E-state index in [9.17, 15) is 4.79 Å². The first-order valence-corrected chi connectivity index (χ1v) is 5.76. The molecule has 0 amide bonds. The molecule has 0 N–H and O–H groups in total. The van der Waals surface area contributed by atoms with Gasteiger partial charge >= 0.3 is 11.2 Å². The maximum atomic E-state index is 11.6. The van der Waals surface area contributed by atoms with Crippen LogP contribution < -0.4 is 21.5 Å². The Morgan fingerprint density at radius 3 is 2.82 bits per heavy atom. The lowest BCUT2D eigenvalue weighted by atomic mass is 10.6. The summed E-state index contributed by atoms with van der Waals surface area (Å²) in [6.45, 7) is 4.06. The number of aliphatic imine (C=N–C) groups is 1. The third-order valence-electron chi connectivity index (χ3n) is 1.63. The van der Waals surface area contributed by atoms with Gasteiger partial charge in [-0.3, -0.25) is 0 Å². The Morgan fingerprint density at radius 2 is 2.29 bits per heavy atom. The third-order valence-corrected chi connectivity index (χ3v) is 2.54. The third kappa shape index (κ3) is 4.82. The Bertz CT molecular complexity index is 404. The molecule has 0 aliphatic rings. The number of hydrogen-bond donors (Lipinski definition) is 0. The Morgan fingerprint density at radius 1 is 1.65 bits per heavy atom. The number of aromatic nitrogens is 1. The summed E-state index contributed by atoms with van der Waals surface area (Å²) in [5, 5.41) is 0.615. The summed E-state index contributed by atoms with van der Waals surface area (Å²) in [7, 11) is 3.75. The molecule has 0 unspecified atom stereocenters. The second kappa shape index (κ2) is 7.39. The predicted octanol–water partition coefficient (Wildman–Crippen LogP) is -1.43. The average Bonchev–Trinajstić information content (AvgIpc) is 2.57. The zero-order valence-electron chi connectivity index (χ0n) is 10.3. The molecule has 0 aromatic carbocycles. The molecule has 0 spiro atoms. The predicted molar refractivity (Wildman–Crippen MR) is 63.5 cm³/mol. The van der Waals surface area contributed by atoms with Gasteiger partial charge < -0.3 is 26.6 Å². The summed E-state index contributed by atoms with van der Waals surface area (Å²) < 4.78 is 6.35. The van der Waals surface area contributed by atoms with E-state index in [4.69, 9.17) is 4.74 Å². The standard InChI is InChI=1S/C10H16N3O2S.BrH/c1-5-15-10(14)13-6-8(2)16-9(13)11-7-12(3)4;/h6-7H,5H2,1-4H3;1H/q+1;/p-1. The second-order valence-electron chi connectivity index (χ2n) is 3.40. The topological polar surface area (TPSA) is 45.8 Å². The van der Waals surface area contributed by atoms with Gasteiger partial charge in [-0.2, -0.15) is 4.79 Å². The summed E-state index contributed by atoms with van der Waals surface area (Å²) >= 11 is 1.45. The molecule has 17 heavy (non-hydrogen) atoms. The van der Waals surface area contributed by atoms with Gasteiger partial charge in [0, 0.05) is 19.0 Å². The Balaban J connectivity index is 0.00000256. The number of rotatable bonds is 3. The SMILES string of the molecule is CCOC(=O)[n+]1cc(C)sc1/N=C/N(C)C.[Br-]. The molecule has 1 rings (SSSR count). The molecule has 96 valence electrons. The molecular formula is C10H16BrN3O2S. The first-order chi connectivity index (χ1) is 7.54. The number of aryl methyl sites for hydroxylation is 1. The van der Waals surface area contributed by atoms with Crippen molar-refractivity contribution in [3.63, 3.8) is 0 Å². The lowest BCUT2D eigenvalue weighted by Gasteiger charge is -1.97. The first-order valence-electron chi connectivity index (χ1n) is 4.94. The van der Waals surface area contributed by atoms with E-state index in [-0.39, 0.29) is 17.0 Å². The number of nitrogens with zero attached hydrogens (tertiary/aromatic N) is 3. The van der Waals surface area contributed by atoms with Crippen molar-refractivity contribution in [1.82, 2.24) is 4.90 Å². The van der Waals surface area contributed by atoms with E-state index in [0.717, 1.165) is 4.88 Å². The maximum Gasteiger partial charge on any atom is 0.512 e. The van der Waals surface area contributed by atoms with E-state index >= 15 is 0 Å². The highest BCUT2D eigenvalue weighted by Gasteiger charge is 2.21. The number of carbonyl (C=O) groups is 1. The van der Waals surface area contributed by atoms with Crippen LogP contribution in [0.2, 0.25) is 0 Å². The van der Waals surface area contributed by atoms with Gasteiger partial charge in [0.25, 0.3) is 0 Å². The molecule has 0 saturated carbocycles. The smallest absolute Gasteiger partial charge is 0.512 e. The fourth-order valence-electron chi connectivity index (χ4n) is 1.03. The highest BCUT2D eigenvalue weighted by Crippen LogP contribution is 2.18. The van der Waals surface area contributed by atoms with E-state index < -0.39 is 6.09 Å². The minimum Gasteiger partial charge on any atom is -1.00 e. The van der Waals surface area contributed by atoms with Gasteiger partial charge in [-0.05, 0) is 30.2 Å². The second-order valence-corrected chi connectivity index (χ2v) is 4.61. The van der Waals surface area contributed by atoms with Crippen LogP contribution in [-0.2, 0) is 4.74 Å². The lowest BCUT2D eigenvalue weighted by Crippen LogP contribution is -3.00. The van der Waals surface area contributed by atoms with Crippen LogP contribution in [-0.4, -0.2) is 38.0 Å². The molecule has 0 aliphatic carbocycles. The molecule has 0 saturated heterocycles. The number of hydrogen-bond acceptors (Lipinski definition) is 4. The summed E-state index contributed by atoms with van der Waals surface area (Å²) in [6.07, 6.45) is 2.99. The van der Waals surface area contributed by atoms with Crippen LogP contribution in [0.25, 0.3) is 0 Å². The van der Waals surface area contributed by atoms with E-state index in [1.54, 1.807) is 19.5 Å². The van der Waals surface area contributed by atoms with Crippen LogP contribution >= 0.6 is 11.3 Å². The lowest BCUT2D eigenvalue weighted by molar-refractivity contribution is -0.568. The molecule has 1 heterocycles. The summed E-state index contributed by atoms with van der Waals surface area (Å²) in [4.78, 5) is 18.6. The summed E-state index contributed by atoms with van der Waals surface area (Å²) in [6, 6.07) is 0. The molecule has 1 aromatic rings. The molecule has 5 nitrogen and oxygen atoms in total. The highest BCUT2D eigenvalue weighted by molar-refractivity contribution is 7.14. The average molecular weight is 322 g/mol. The minimum absolute atomic E-state index is 0. The Labute approximate surface area is 115 Å². The molecule has 0 atom stereocenters.